The molecule has 174 valence electrons. The third-order valence-electron chi connectivity index (χ3n) is 6.03. The van der Waals surface area contributed by atoms with Gasteiger partial charge in [0.15, 0.2) is 11.6 Å². The first-order chi connectivity index (χ1) is 16.2. The summed E-state index contributed by atoms with van der Waals surface area (Å²) in [5.41, 5.74) is 2.56. The molecule has 2 aromatic rings. The second kappa shape index (κ2) is 10.6. The zero-order valence-electron chi connectivity index (χ0n) is 18.1. The van der Waals surface area contributed by atoms with E-state index in [1.54, 1.807) is 18.2 Å². The van der Waals surface area contributed by atoms with E-state index in [1.807, 2.05) is 0 Å². The van der Waals surface area contributed by atoms with Gasteiger partial charge in [-0.15, -0.1) is 24.7 Å². The van der Waals surface area contributed by atoms with Gasteiger partial charge >= 0.3 is 0 Å². The van der Waals surface area contributed by atoms with Crippen LogP contribution in [0.25, 0.3) is 0 Å². The Morgan fingerprint density at radius 3 is 1.88 bits per heavy atom. The molecular weight excluding hydrogens is 458 g/mol. The minimum atomic E-state index is -0.894. The highest BCUT2D eigenvalue weighted by molar-refractivity contribution is 6.30. The van der Waals surface area contributed by atoms with Gasteiger partial charge in [-0.2, -0.15) is 0 Å². The summed E-state index contributed by atoms with van der Waals surface area (Å²) in [4.78, 5) is 34.1. The van der Waals surface area contributed by atoms with E-state index in [0.29, 0.717) is 34.6 Å². The normalized spacial score (nSPS) is 19.7. The number of non-ortho nitro benzene ring substituents is 1. The summed E-state index contributed by atoms with van der Waals surface area (Å²) in [7, 11) is 0. The van der Waals surface area contributed by atoms with Gasteiger partial charge in [-0.3, -0.25) is 19.7 Å². The molecule has 2 aliphatic carbocycles. The average molecular weight is 480 g/mol. The topological polar surface area (TPSA) is 118 Å². The van der Waals surface area contributed by atoms with Crippen molar-refractivity contribution in [2.24, 2.45) is 11.8 Å². The van der Waals surface area contributed by atoms with Crippen molar-refractivity contribution in [3.05, 3.63) is 73.8 Å². The Morgan fingerprint density at radius 2 is 1.41 bits per heavy atom. The molecule has 0 radical (unpaired) electrons. The molecule has 0 fully saturated rings. The molecule has 4 unspecified atom stereocenters. The standard InChI is InChI=1S/C13H11ClO2.C13H11NO4/c1-2-3-12(15)11-7-8-6-9(14)4-5-10(8)13(11)16;1-2-3-12(15)11-7-8-6-9(14(17)18)4-5-10(8)13(11)16/h1,4-6,11-12,15H,3,7H2;1,4-6,11-12,15H,3,7H2. The zero-order valence-corrected chi connectivity index (χ0v) is 18.9. The Hall–Kier alpha value is -3.49. The van der Waals surface area contributed by atoms with E-state index in [2.05, 4.69) is 11.8 Å². The molecule has 0 aromatic heterocycles. The van der Waals surface area contributed by atoms with Crippen molar-refractivity contribution in [3.63, 3.8) is 0 Å². The van der Waals surface area contributed by atoms with Gasteiger partial charge in [0.05, 0.1) is 29.0 Å². The molecule has 0 saturated carbocycles. The Labute approximate surface area is 201 Å². The maximum absolute atomic E-state index is 12.0. The van der Waals surface area contributed by atoms with Crippen LogP contribution in [-0.2, 0) is 12.8 Å². The number of fused-ring (bicyclic) bond motifs is 2. The summed E-state index contributed by atoms with van der Waals surface area (Å²) in [5.74, 6) is 3.46. The van der Waals surface area contributed by atoms with Crippen molar-refractivity contribution in [3.8, 4) is 24.7 Å². The van der Waals surface area contributed by atoms with Crippen molar-refractivity contribution in [2.75, 3.05) is 0 Å². The first kappa shape index (κ1) is 25.1. The van der Waals surface area contributed by atoms with Crippen LogP contribution in [0, 0.1) is 46.6 Å². The van der Waals surface area contributed by atoms with Crippen LogP contribution >= 0.6 is 11.6 Å². The fourth-order valence-electron chi connectivity index (χ4n) is 4.28. The van der Waals surface area contributed by atoms with Gasteiger partial charge in [-0.1, -0.05) is 11.6 Å². The fourth-order valence-corrected chi connectivity index (χ4v) is 4.48. The summed E-state index contributed by atoms with van der Waals surface area (Å²) < 4.78 is 0. The van der Waals surface area contributed by atoms with Crippen molar-refractivity contribution in [1.82, 2.24) is 0 Å². The van der Waals surface area contributed by atoms with E-state index >= 15 is 0 Å². The van der Waals surface area contributed by atoms with Crippen molar-refractivity contribution in [1.29, 1.82) is 0 Å². The van der Waals surface area contributed by atoms with Crippen LogP contribution in [0.4, 0.5) is 5.69 Å². The minimum Gasteiger partial charge on any atom is -0.391 e. The quantitative estimate of drug-likeness (QED) is 0.385. The Bertz CT molecular complexity index is 1220. The summed E-state index contributed by atoms with van der Waals surface area (Å²) >= 11 is 5.85. The van der Waals surface area contributed by atoms with Crippen molar-refractivity contribution in [2.45, 2.75) is 37.9 Å². The lowest BCUT2D eigenvalue weighted by atomic mass is 9.96. The zero-order chi connectivity index (χ0) is 25.0. The molecule has 4 atom stereocenters. The molecule has 0 aliphatic heterocycles. The number of nitro groups is 1. The van der Waals surface area contributed by atoms with Crippen LogP contribution in [-0.4, -0.2) is 38.9 Å². The van der Waals surface area contributed by atoms with Crippen LogP contribution in [0.15, 0.2) is 36.4 Å². The molecule has 0 heterocycles. The first-order valence-corrected chi connectivity index (χ1v) is 10.9. The molecule has 2 N–H and O–H groups in total. The number of hydrogen-bond acceptors (Lipinski definition) is 6. The Kier molecular flexibility index (Phi) is 7.86. The van der Waals surface area contributed by atoms with Crippen LogP contribution in [0.2, 0.25) is 5.02 Å². The van der Waals surface area contributed by atoms with Gasteiger partial charge < -0.3 is 10.2 Å². The SMILES string of the molecule is C#CCC(O)C1Cc2cc(Cl)ccc2C1=O.C#CCC(O)C1Cc2cc([N+](=O)[O-])ccc2C1=O. The number of benzene rings is 2. The number of ketones is 2. The van der Waals surface area contributed by atoms with Crippen LogP contribution in [0.1, 0.15) is 44.7 Å². The van der Waals surface area contributed by atoms with E-state index in [9.17, 15) is 29.9 Å². The van der Waals surface area contributed by atoms with Crippen molar-refractivity contribution >= 4 is 28.9 Å². The lowest BCUT2D eigenvalue weighted by molar-refractivity contribution is -0.384. The van der Waals surface area contributed by atoms with Gasteiger partial charge in [0.25, 0.3) is 5.69 Å². The molecule has 0 amide bonds. The number of Topliss-reactive ketones (excluding diaryl/α,β-unsaturated/α-hetero) is 2. The van der Waals surface area contributed by atoms with E-state index < -0.39 is 29.0 Å². The third kappa shape index (κ3) is 5.18. The molecular formula is C26H22ClNO6. The largest absolute Gasteiger partial charge is 0.391 e. The predicted molar refractivity (Wildman–Crippen MR) is 127 cm³/mol. The van der Waals surface area contributed by atoms with E-state index in [0.717, 1.165) is 5.56 Å². The molecule has 8 heteroatoms. The molecule has 4 rings (SSSR count). The number of halogens is 1. The number of terminal acetylenes is 2. The van der Waals surface area contributed by atoms with Crippen molar-refractivity contribution < 1.29 is 24.7 Å². The molecule has 2 aliphatic rings. The molecule has 34 heavy (non-hydrogen) atoms. The summed E-state index contributed by atoms with van der Waals surface area (Å²) in [5, 5.41) is 30.8. The summed E-state index contributed by atoms with van der Waals surface area (Å²) in [6, 6.07) is 9.30. The smallest absolute Gasteiger partial charge is 0.269 e. The average Bonchev–Trinajstić information content (AvgIpc) is 3.31. The number of nitrogens with zero attached hydrogens (tertiary/aromatic N) is 1. The van der Waals surface area contributed by atoms with E-state index in [4.69, 9.17) is 24.4 Å². The number of carbonyl (C=O) groups excluding carboxylic acids is 2. The highest BCUT2D eigenvalue weighted by atomic mass is 35.5. The monoisotopic (exact) mass is 479 g/mol. The number of aliphatic hydroxyl groups excluding tert-OH is 2. The van der Waals surface area contributed by atoms with Crippen LogP contribution < -0.4 is 0 Å². The first-order valence-electron chi connectivity index (χ1n) is 10.5. The second-order valence-electron chi connectivity index (χ2n) is 8.20. The molecule has 7 nitrogen and oxygen atoms in total. The number of carbonyl (C=O) groups is 2. The number of aliphatic hydroxyl groups is 2. The third-order valence-corrected chi connectivity index (χ3v) is 6.27. The lowest BCUT2D eigenvalue weighted by Gasteiger charge is -2.13. The fraction of sp³-hybridized carbons (Fsp3) is 0.308. The molecule has 0 spiro atoms. The maximum atomic E-state index is 12.0. The Morgan fingerprint density at radius 1 is 0.941 bits per heavy atom. The highest BCUT2D eigenvalue weighted by Crippen LogP contribution is 2.33. The molecule has 0 saturated heterocycles. The second-order valence-corrected chi connectivity index (χ2v) is 8.64. The summed E-state index contributed by atoms with van der Waals surface area (Å²) in [6.45, 7) is 0. The van der Waals surface area contributed by atoms with E-state index in [-0.39, 0.29) is 30.1 Å². The van der Waals surface area contributed by atoms with Gasteiger partial charge in [0.2, 0.25) is 0 Å². The van der Waals surface area contributed by atoms with Gasteiger partial charge in [0.1, 0.15) is 0 Å². The van der Waals surface area contributed by atoms with Crippen LogP contribution in [0.5, 0.6) is 0 Å². The number of rotatable bonds is 5. The maximum Gasteiger partial charge on any atom is 0.269 e. The highest BCUT2D eigenvalue weighted by Gasteiger charge is 2.36. The number of nitro benzene ring substituents is 1. The minimum absolute atomic E-state index is 0.0329. The molecule has 0 bridgehead atoms. The van der Waals surface area contributed by atoms with Gasteiger partial charge in [-0.25, -0.2) is 0 Å². The number of hydrogen-bond donors (Lipinski definition) is 2. The van der Waals surface area contributed by atoms with Crippen LogP contribution in [0.3, 0.4) is 0 Å². The molecule has 2 aromatic carbocycles. The van der Waals surface area contributed by atoms with E-state index in [1.165, 1.54) is 18.2 Å². The van der Waals surface area contributed by atoms with Gasteiger partial charge in [-0.05, 0) is 48.2 Å². The van der Waals surface area contributed by atoms with Gasteiger partial charge in [0, 0.05) is 41.1 Å². The Balaban J connectivity index is 0.000000192. The summed E-state index contributed by atoms with van der Waals surface area (Å²) in [6.07, 6.45) is 9.71. The predicted octanol–water partition coefficient (Wildman–Crippen LogP) is 3.41. The lowest BCUT2D eigenvalue weighted by Crippen LogP contribution is -2.25.